The van der Waals surface area contributed by atoms with E-state index in [0.717, 1.165) is 37.5 Å². The van der Waals surface area contributed by atoms with Crippen LogP contribution in [0.15, 0.2) is 29.3 Å². The maximum absolute atomic E-state index is 9.22. The first kappa shape index (κ1) is 20.0. The first-order chi connectivity index (χ1) is 11.6. The Balaban J connectivity index is 2.61. The maximum atomic E-state index is 9.22. The maximum Gasteiger partial charge on any atom is 0.191 e. The summed E-state index contributed by atoms with van der Waals surface area (Å²) in [6.07, 6.45) is 1.89. The third-order valence-corrected chi connectivity index (χ3v) is 3.75. The zero-order chi connectivity index (χ0) is 17.8. The molecule has 1 aromatic carbocycles. The Kier molecular flexibility index (Phi) is 9.55. The predicted octanol–water partition coefficient (Wildman–Crippen LogP) is 2.66. The number of nitrogens with one attached hydrogen (secondary N) is 2. The van der Waals surface area contributed by atoms with Crippen molar-refractivity contribution < 1.29 is 5.11 Å². The summed E-state index contributed by atoms with van der Waals surface area (Å²) in [6, 6.07) is 9.60. The van der Waals surface area contributed by atoms with Gasteiger partial charge in [0.15, 0.2) is 5.96 Å². The fourth-order valence-corrected chi connectivity index (χ4v) is 2.59. The molecule has 1 atom stereocenters. The number of guanidine groups is 1. The Morgan fingerprint density at radius 3 is 2.50 bits per heavy atom. The van der Waals surface area contributed by atoms with Crippen molar-refractivity contribution in [2.24, 2.45) is 16.8 Å². The Morgan fingerprint density at radius 1 is 1.25 bits per heavy atom. The lowest BCUT2D eigenvalue weighted by atomic mass is 9.94. The van der Waals surface area contributed by atoms with Crippen molar-refractivity contribution in [3.05, 3.63) is 35.4 Å². The Labute approximate surface area is 145 Å². The second-order valence-corrected chi connectivity index (χ2v) is 6.39. The van der Waals surface area contributed by atoms with E-state index in [1.807, 2.05) is 31.2 Å². The number of nitrogens with zero attached hydrogens (tertiary/aromatic N) is 2. The molecule has 0 bridgehead atoms. The molecule has 0 aromatic heterocycles. The van der Waals surface area contributed by atoms with Gasteiger partial charge in [-0.15, -0.1) is 0 Å². The van der Waals surface area contributed by atoms with Gasteiger partial charge in [0, 0.05) is 19.7 Å². The molecule has 0 aliphatic carbocycles. The number of rotatable bonds is 9. The average molecular weight is 330 g/mol. The highest BCUT2D eigenvalue weighted by atomic mass is 16.3. The molecular formula is C19H30N4O. The van der Waals surface area contributed by atoms with Gasteiger partial charge in [-0.25, -0.2) is 4.99 Å². The van der Waals surface area contributed by atoms with Crippen LogP contribution in [-0.4, -0.2) is 30.8 Å². The minimum atomic E-state index is 0.220. The zero-order valence-corrected chi connectivity index (χ0v) is 15.0. The summed E-state index contributed by atoms with van der Waals surface area (Å²) in [7, 11) is 0. The van der Waals surface area contributed by atoms with Crippen LogP contribution >= 0.6 is 0 Å². The molecule has 1 aromatic rings. The lowest BCUT2D eigenvalue weighted by Crippen LogP contribution is -2.40. The summed E-state index contributed by atoms with van der Waals surface area (Å²) in [5.74, 6) is 1.84. The molecule has 0 saturated carbocycles. The van der Waals surface area contributed by atoms with Crippen LogP contribution in [0.5, 0.6) is 0 Å². The van der Waals surface area contributed by atoms with E-state index in [-0.39, 0.29) is 6.61 Å². The van der Waals surface area contributed by atoms with Crippen LogP contribution in [-0.2, 0) is 6.54 Å². The van der Waals surface area contributed by atoms with E-state index in [1.165, 1.54) is 0 Å². The molecule has 0 heterocycles. The van der Waals surface area contributed by atoms with Gasteiger partial charge >= 0.3 is 0 Å². The Hall–Kier alpha value is -2.06. The molecular weight excluding hydrogens is 300 g/mol. The van der Waals surface area contributed by atoms with E-state index in [4.69, 9.17) is 5.26 Å². The normalized spacial score (nSPS) is 12.8. The van der Waals surface area contributed by atoms with Crippen molar-refractivity contribution in [3.63, 3.8) is 0 Å². The van der Waals surface area contributed by atoms with Gasteiger partial charge in [0.25, 0.3) is 0 Å². The molecule has 132 valence electrons. The van der Waals surface area contributed by atoms with Crippen molar-refractivity contribution >= 4 is 5.96 Å². The first-order valence-electron chi connectivity index (χ1n) is 8.71. The third kappa shape index (κ3) is 7.98. The first-order valence-corrected chi connectivity index (χ1v) is 8.71. The van der Waals surface area contributed by atoms with Gasteiger partial charge in [-0.1, -0.05) is 26.0 Å². The fourth-order valence-electron chi connectivity index (χ4n) is 2.59. The smallest absolute Gasteiger partial charge is 0.191 e. The summed E-state index contributed by atoms with van der Waals surface area (Å²) >= 11 is 0. The highest BCUT2D eigenvalue weighted by molar-refractivity contribution is 5.79. The average Bonchev–Trinajstić information content (AvgIpc) is 2.57. The van der Waals surface area contributed by atoms with Gasteiger partial charge in [0.2, 0.25) is 0 Å². The van der Waals surface area contributed by atoms with Crippen LogP contribution < -0.4 is 10.6 Å². The van der Waals surface area contributed by atoms with Crippen LogP contribution in [0, 0.1) is 23.2 Å². The van der Waals surface area contributed by atoms with Crippen LogP contribution in [0.2, 0.25) is 0 Å². The molecule has 5 heteroatoms. The number of benzene rings is 1. The molecule has 0 saturated heterocycles. The minimum Gasteiger partial charge on any atom is -0.396 e. The Morgan fingerprint density at radius 2 is 1.96 bits per heavy atom. The van der Waals surface area contributed by atoms with E-state index in [0.29, 0.717) is 23.9 Å². The number of hydrogen-bond acceptors (Lipinski definition) is 3. The lowest BCUT2D eigenvalue weighted by Gasteiger charge is -2.20. The van der Waals surface area contributed by atoms with Crippen LogP contribution in [0.3, 0.4) is 0 Å². The molecule has 24 heavy (non-hydrogen) atoms. The number of nitriles is 1. The van der Waals surface area contributed by atoms with Crippen LogP contribution in [0.1, 0.15) is 44.7 Å². The molecule has 0 aliphatic heterocycles. The molecule has 0 spiro atoms. The largest absolute Gasteiger partial charge is 0.396 e. The second-order valence-electron chi connectivity index (χ2n) is 6.39. The summed E-state index contributed by atoms with van der Waals surface area (Å²) in [4.78, 5) is 4.60. The third-order valence-electron chi connectivity index (χ3n) is 3.75. The second kappa shape index (κ2) is 11.5. The molecule has 1 rings (SSSR count). The van der Waals surface area contributed by atoms with E-state index in [2.05, 4.69) is 35.5 Å². The molecule has 1 unspecified atom stereocenters. The summed E-state index contributed by atoms with van der Waals surface area (Å²) in [5.41, 5.74) is 1.73. The molecule has 0 amide bonds. The van der Waals surface area contributed by atoms with E-state index in [1.54, 1.807) is 0 Å². The highest BCUT2D eigenvalue weighted by Crippen LogP contribution is 2.14. The molecule has 0 radical (unpaired) electrons. The molecule has 0 fully saturated rings. The number of aliphatic hydroxyl groups excluding tert-OH is 1. The minimum absolute atomic E-state index is 0.220. The Bertz CT molecular complexity index is 531. The van der Waals surface area contributed by atoms with Gasteiger partial charge in [0.1, 0.15) is 0 Å². The van der Waals surface area contributed by atoms with Crippen LogP contribution in [0.25, 0.3) is 0 Å². The van der Waals surface area contributed by atoms with E-state index in [9.17, 15) is 5.11 Å². The fraction of sp³-hybridized carbons (Fsp3) is 0.579. The summed E-state index contributed by atoms with van der Waals surface area (Å²) in [6.45, 7) is 8.83. The molecule has 5 nitrogen and oxygen atoms in total. The summed E-state index contributed by atoms with van der Waals surface area (Å²) < 4.78 is 0. The van der Waals surface area contributed by atoms with Crippen molar-refractivity contribution in [1.82, 2.24) is 10.6 Å². The number of hydrogen-bond donors (Lipinski definition) is 3. The van der Waals surface area contributed by atoms with Crippen LogP contribution in [0.4, 0.5) is 0 Å². The van der Waals surface area contributed by atoms with E-state index < -0.39 is 0 Å². The topological polar surface area (TPSA) is 80.4 Å². The highest BCUT2D eigenvalue weighted by Gasteiger charge is 2.11. The van der Waals surface area contributed by atoms with Gasteiger partial charge < -0.3 is 15.7 Å². The van der Waals surface area contributed by atoms with E-state index >= 15 is 0 Å². The van der Waals surface area contributed by atoms with Crippen molar-refractivity contribution in [1.29, 1.82) is 5.26 Å². The summed E-state index contributed by atoms with van der Waals surface area (Å²) in [5, 5.41) is 24.7. The van der Waals surface area contributed by atoms with Gasteiger partial charge in [-0.3, -0.25) is 0 Å². The zero-order valence-electron chi connectivity index (χ0n) is 15.0. The molecule has 0 aliphatic rings. The van der Waals surface area contributed by atoms with Crippen molar-refractivity contribution in [2.45, 2.75) is 40.2 Å². The quantitative estimate of drug-likeness (QED) is 0.480. The predicted molar refractivity (Wildman–Crippen MR) is 98.6 cm³/mol. The van der Waals surface area contributed by atoms with Crippen molar-refractivity contribution in [2.75, 3.05) is 19.7 Å². The number of aliphatic imine (C=N–C) groups is 1. The van der Waals surface area contributed by atoms with Gasteiger partial charge in [0.05, 0.1) is 18.2 Å². The standard InChI is InChI=1S/C19H30N4O/c1-4-21-19(23-14-18(9-10-24)11-15(2)3)22-13-17-7-5-16(12-20)6-8-17/h5-8,15,18,24H,4,9-11,13-14H2,1-3H3,(H2,21,22,23). The monoisotopic (exact) mass is 330 g/mol. The lowest BCUT2D eigenvalue weighted by molar-refractivity contribution is 0.243. The molecule has 3 N–H and O–H groups in total. The number of aliphatic hydroxyl groups is 1. The van der Waals surface area contributed by atoms with Gasteiger partial charge in [-0.2, -0.15) is 5.26 Å². The van der Waals surface area contributed by atoms with Crippen molar-refractivity contribution in [3.8, 4) is 6.07 Å². The SMILES string of the molecule is CCNC(=NCc1ccc(C#N)cc1)NCC(CCO)CC(C)C. The van der Waals surface area contributed by atoms with Gasteiger partial charge in [-0.05, 0) is 49.3 Å².